The Labute approximate surface area is 103 Å². The van der Waals surface area contributed by atoms with E-state index in [0.29, 0.717) is 16.8 Å². The zero-order valence-corrected chi connectivity index (χ0v) is 10.5. The highest BCUT2D eigenvalue weighted by Crippen LogP contribution is 2.38. The van der Waals surface area contributed by atoms with Crippen molar-refractivity contribution in [3.63, 3.8) is 0 Å². The van der Waals surface area contributed by atoms with Gasteiger partial charge in [-0.15, -0.1) is 0 Å². The van der Waals surface area contributed by atoms with E-state index in [2.05, 4.69) is 9.97 Å². The van der Waals surface area contributed by atoms with Crippen LogP contribution < -0.4 is 5.56 Å². The molecule has 1 aromatic rings. The number of carbonyl (C=O) groups is 1. The second-order valence-corrected chi connectivity index (χ2v) is 6.30. The Morgan fingerprint density at radius 3 is 2.76 bits per heavy atom. The molecule has 0 atom stereocenters. The van der Waals surface area contributed by atoms with Gasteiger partial charge in [-0.1, -0.05) is 11.8 Å². The van der Waals surface area contributed by atoms with E-state index in [9.17, 15) is 9.59 Å². The molecule has 0 saturated heterocycles. The number of hydrogen-bond acceptors (Lipinski definition) is 4. The van der Waals surface area contributed by atoms with E-state index in [4.69, 9.17) is 5.11 Å². The molecule has 1 aliphatic rings. The Morgan fingerprint density at radius 1 is 1.59 bits per heavy atom. The van der Waals surface area contributed by atoms with Crippen molar-refractivity contribution < 1.29 is 9.90 Å². The molecule has 0 radical (unpaired) electrons. The first-order valence-electron chi connectivity index (χ1n) is 5.42. The average molecular weight is 254 g/mol. The second-order valence-electron chi connectivity index (χ2n) is 4.66. The van der Waals surface area contributed by atoms with Gasteiger partial charge in [-0.2, -0.15) is 0 Å². The lowest BCUT2D eigenvalue weighted by molar-refractivity contribution is -0.138. The van der Waals surface area contributed by atoms with Gasteiger partial charge in [0.15, 0.2) is 0 Å². The number of rotatable bonds is 4. The van der Waals surface area contributed by atoms with Gasteiger partial charge in [0.05, 0.1) is 0 Å². The van der Waals surface area contributed by atoms with E-state index in [0.717, 1.165) is 24.6 Å². The Morgan fingerprint density at radius 2 is 2.24 bits per heavy atom. The van der Waals surface area contributed by atoms with E-state index in [1.54, 1.807) is 13.8 Å². The van der Waals surface area contributed by atoms with Crippen LogP contribution in [0.15, 0.2) is 15.9 Å². The highest BCUT2D eigenvalue weighted by Gasteiger charge is 2.31. The molecule has 1 aliphatic carbocycles. The monoisotopic (exact) mass is 254 g/mol. The van der Waals surface area contributed by atoms with Crippen LogP contribution >= 0.6 is 11.8 Å². The molecular formula is C11H14N2O3S. The molecule has 0 aromatic carbocycles. The summed E-state index contributed by atoms with van der Waals surface area (Å²) in [4.78, 5) is 29.5. The lowest BCUT2D eigenvalue weighted by Gasteiger charge is -2.17. The van der Waals surface area contributed by atoms with Gasteiger partial charge < -0.3 is 10.1 Å². The van der Waals surface area contributed by atoms with Gasteiger partial charge >= 0.3 is 5.97 Å². The van der Waals surface area contributed by atoms with E-state index in [1.165, 1.54) is 6.07 Å². The van der Waals surface area contributed by atoms with Gasteiger partial charge in [0.1, 0.15) is 15.6 Å². The van der Waals surface area contributed by atoms with E-state index in [-0.39, 0.29) is 5.56 Å². The van der Waals surface area contributed by atoms with Gasteiger partial charge in [0.2, 0.25) is 0 Å². The Kier molecular flexibility index (Phi) is 2.99. The van der Waals surface area contributed by atoms with Gasteiger partial charge in [-0.25, -0.2) is 4.98 Å². The summed E-state index contributed by atoms with van der Waals surface area (Å²) in [6, 6.07) is 1.35. The minimum absolute atomic E-state index is 0.217. The molecule has 1 aromatic heterocycles. The standard InChI is InChI=1S/C11H14N2O3S/c1-11(2,10(15)16)17-8-5-7(14)12-9(13-8)6-3-4-6/h5-6H,3-4H2,1-2H3,(H,15,16)(H,12,13,14). The molecule has 1 saturated carbocycles. The zero-order valence-electron chi connectivity index (χ0n) is 9.69. The Bertz CT molecular complexity index is 506. The van der Waals surface area contributed by atoms with Gasteiger partial charge in [0, 0.05) is 12.0 Å². The third-order valence-corrected chi connectivity index (χ3v) is 3.68. The van der Waals surface area contributed by atoms with Crippen molar-refractivity contribution in [3.8, 4) is 0 Å². The minimum atomic E-state index is -0.985. The van der Waals surface area contributed by atoms with Crippen molar-refractivity contribution in [1.29, 1.82) is 0 Å². The van der Waals surface area contributed by atoms with Crippen molar-refractivity contribution in [3.05, 3.63) is 22.2 Å². The lowest BCUT2D eigenvalue weighted by Crippen LogP contribution is -2.27. The number of aromatic nitrogens is 2. The molecule has 1 fully saturated rings. The van der Waals surface area contributed by atoms with E-state index < -0.39 is 10.7 Å². The lowest BCUT2D eigenvalue weighted by atomic mass is 10.2. The molecule has 5 nitrogen and oxygen atoms in total. The first-order valence-corrected chi connectivity index (χ1v) is 6.24. The fraction of sp³-hybridized carbons (Fsp3) is 0.545. The summed E-state index contributed by atoms with van der Waals surface area (Å²) < 4.78 is -0.985. The maximum absolute atomic E-state index is 11.4. The molecule has 0 unspecified atom stereocenters. The molecule has 2 rings (SSSR count). The predicted octanol–water partition coefficient (Wildman–Crippen LogP) is 1.60. The van der Waals surface area contributed by atoms with Gasteiger partial charge in [-0.3, -0.25) is 9.59 Å². The summed E-state index contributed by atoms with van der Waals surface area (Å²) in [6.45, 7) is 3.19. The third kappa shape index (κ3) is 2.88. The van der Waals surface area contributed by atoms with Crippen molar-refractivity contribution in [2.24, 2.45) is 0 Å². The fourth-order valence-corrected chi connectivity index (χ4v) is 2.28. The molecule has 92 valence electrons. The van der Waals surface area contributed by atoms with Crippen molar-refractivity contribution in [2.45, 2.75) is 42.4 Å². The van der Waals surface area contributed by atoms with E-state index >= 15 is 0 Å². The maximum Gasteiger partial charge on any atom is 0.319 e. The summed E-state index contributed by atoms with van der Waals surface area (Å²) in [5.74, 6) is 0.106. The molecule has 2 N–H and O–H groups in total. The Hall–Kier alpha value is -1.30. The first-order chi connectivity index (χ1) is 7.88. The summed E-state index contributed by atoms with van der Waals surface area (Å²) >= 11 is 1.10. The van der Waals surface area contributed by atoms with Crippen LogP contribution in [0.25, 0.3) is 0 Å². The van der Waals surface area contributed by atoms with Crippen molar-refractivity contribution >= 4 is 17.7 Å². The quantitative estimate of drug-likeness (QED) is 0.630. The molecule has 17 heavy (non-hydrogen) atoms. The molecular weight excluding hydrogens is 240 g/mol. The topological polar surface area (TPSA) is 83.0 Å². The number of thioether (sulfide) groups is 1. The summed E-state index contributed by atoms with van der Waals surface area (Å²) in [7, 11) is 0. The Balaban J connectivity index is 2.26. The second kappa shape index (κ2) is 4.18. The number of aromatic amines is 1. The number of carboxylic acid groups (broad SMARTS) is 1. The average Bonchev–Trinajstić information content (AvgIpc) is 2.98. The smallest absolute Gasteiger partial charge is 0.319 e. The number of nitrogens with zero attached hydrogens (tertiary/aromatic N) is 1. The molecule has 0 bridgehead atoms. The number of aliphatic carboxylic acids is 1. The van der Waals surface area contributed by atoms with Crippen LogP contribution in [0.3, 0.4) is 0 Å². The minimum Gasteiger partial charge on any atom is -0.480 e. The van der Waals surface area contributed by atoms with Crippen LogP contribution in [0.2, 0.25) is 0 Å². The van der Waals surface area contributed by atoms with Crippen LogP contribution in [0.4, 0.5) is 0 Å². The van der Waals surface area contributed by atoms with Gasteiger partial charge in [-0.05, 0) is 26.7 Å². The van der Waals surface area contributed by atoms with Crippen LogP contribution in [0.1, 0.15) is 38.4 Å². The maximum atomic E-state index is 11.4. The normalized spacial score (nSPS) is 15.9. The summed E-state index contributed by atoms with van der Waals surface area (Å²) in [5.41, 5.74) is -0.217. The predicted molar refractivity (Wildman–Crippen MR) is 64.4 cm³/mol. The number of nitrogens with one attached hydrogen (secondary N) is 1. The van der Waals surface area contributed by atoms with Crippen LogP contribution in [0, 0.1) is 0 Å². The van der Waals surface area contributed by atoms with Crippen LogP contribution in [-0.2, 0) is 4.79 Å². The van der Waals surface area contributed by atoms with Crippen molar-refractivity contribution in [1.82, 2.24) is 9.97 Å². The largest absolute Gasteiger partial charge is 0.480 e. The highest BCUT2D eigenvalue weighted by atomic mass is 32.2. The molecule has 6 heteroatoms. The van der Waals surface area contributed by atoms with Crippen LogP contribution in [-0.4, -0.2) is 25.8 Å². The first kappa shape index (κ1) is 12.2. The molecule has 1 heterocycles. The molecule has 0 amide bonds. The fourth-order valence-electron chi connectivity index (χ4n) is 1.36. The van der Waals surface area contributed by atoms with Gasteiger partial charge in [0.25, 0.3) is 5.56 Å². The number of H-pyrrole nitrogens is 1. The SMILES string of the molecule is CC(C)(Sc1cc(=O)[nH]c(C2CC2)n1)C(=O)O. The van der Waals surface area contributed by atoms with Crippen LogP contribution in [0.5, 0.6) is 0 Å². The molecule has 0 aliphatic heterocycles. The zero-order chi connectivity index (χ0) is 12.6. The number of carboxylic acids is 1. The van der Waals surface area contributed by atoms with Crippen molar-refractivity contribution in [2.75, 3.05) is 0 Å². The molecule has 0 spiro atoms. The third-order valence-electron chi connectivity index (χ3n) is 2.58. The number of hydrogen-bond donors (Lipinski definition) is 2. The summed E-state index contributed by atoms with van der Waals surface area (Å²) in [6.07, 6.45) is 2.08. The summed E-state index contributed by atoms with van der Waals surface area (Å²) in [5, 5.41) is 9.50. The van der Waals surface area contributed by atoms with E-state index in [1.807, 2.05) is 0 Å². The highest BCUT2D eigenvalue weighted by molar-refractivity contribution is 8.01.